The second-order valence-corrected chi connectivity index (χ2v) is 5.92. The topological polar surface area (TPSA) is 32.3 Å². The second kappa shape index (κ2) is 6.35. The molecule has 0 heterocycles. The van der Waals surface area contributed by atoms with E-state index >= 15 is 0 Å². The lowest BCUT2D eigenvalue weighted by molar-refractivity contribution is 0.0478. The summed E-state index contributed by atoms with van der Waals surface area (Å²) in [5.74, 6) is 0.650. The molecular formula is C16H27NO. The van der Waals surface area contributed by atoms with Crippen molar-refractivity contribution in [2.24, 2.45) is 5.92 Å². The first-order chi connectivity index (χ1) is 8.33. The average Bonchev–Trinajstić information content (AvgIpc) is 2.28. The Labute approximate surface area is 111 Å². The van der Waals surface area contributed by atoms with Gasteiger partial charge in [0.25, 0.3) is 0 Å². The number of nitrogens with one attached hydrogen (secondary N) is 1. The van der Waals surface area contributed by atoms with Crippen LogP contribution in [0.4, 0.5) is 0 Å². The number of aryl methyl sites for hydroxylation is 2. The van der Waals surface area contributed by atoms with Gasteiger partial charge in [0.1, 0.15) is 0 Å². The van der Waals surface area contributed by atoms with Gasteiger partial charge in [0.05, 0.1) is 5.60 Å². The van der Waals surface area contributed by atoms with E-state index in [-0.39, 0.29) is 0 Å². The van der Waals surface area contributed by atoms with Crippen LogP contribution in [-0.2, 0) is 5.60 Å². The lowest BCUT2D eigenvalue weighted by Crippen LogP contribution is -2.29. The monoisotopic (exact) mass is 249 g/mol. The molecule has 1 aromatic carbocycles. The number of benzene rings is 1. The minimum absolute atomic E-state index is 0.650. The summed E-state index contributed by atoms with van der Waals surface area (Å²) in [4.78, 5) is 0. The van der Waals surface area contributed by atoms with Gasteiger partial charge in [0, 0.05) is 0 Å². The van der Waals surface area contributed by atoms with E-state index in [0.717, 1.165) is 25.1 Å². The third-order valence-corrected chi connectivity index (χ3v) is 3.47. The maximum Gasteiger partial charge on any atom is 0.0880 e. The van der Waals surface area contributed by atoms with E-state index in [4.69, 9.17) is 0 Å². The van der Waals surface area contributed by atoms with Crippen LogP contribution in [-0.4, -0.2) is 18.2 Å². The fourth-order valence-electron chi connectivity index (χ4n) is 1.94. The molecular weight excluding hydrogens is 222 g/mol. The van der Waals surface area contributed by atoms with Gasteiger partial charge in [0.2, 0.25) is 0 Å². The van der Waals surface area contributed by atoms with Gasteiger partial charge in [-0.15, -0.1) is 0 Å². The van der Waals surface area contributed by atoms with Crippen molar-refractivity contribution in [1.29, 1.82) is 0 Å². The third-order valence-electron chi connectivity index (χ3n) is 3.47. The highest BCUT2D eigenvalue weighted by Gasteiger charge is 2.22. The molecule has 0 spiro atoms. The van der Waals surface area contributed by atoms with Crippen molar-refractivity contribution in [2.45, 2.75) is 46.6 Å². The summed E-state index contributed by atoms with van der Waals surface area (Å²) in [5.41, 5.74) is 2.77. The molecule has 0 fully saturated rings. The molecule has 0 bridgehead atoms. The molecule has 1 atom stereocenters. The summed E-state index contributed by atoms with van der Waals surface area (Å²) >= 11 is 0. The smallest absolute Gasteiger partial charge is 0.0880 e. The van der Waals surface area contributed by atoms with Gasteiger partial charge >= 0.3 is 0 Å². The van der Waals surface area contributed by atoms with E-state index in [1.165, 1.54) is 11.1 Å². The molecule has 1 rings (SSSR count). The molecule has 0 saturated carbocycles. The van der Waals surface area contributed by atoms with Crippen LogP contribution < -0.4 is 5.32 Å². The van der Waals surface area contributed by atoms with Gasteiger partial charge in [0.15, 0.2) is 0 Å². The molecule has 0 aliphatic carbocycles. The molecule has 0 aromatic heterocycles. The Morgan fingerprint density at radius 1 is 1.22 bits per heavy atom. The fourth-order valence-corrected chi connectivity index (χ4v) is 1.94. The van der Waals surface area contributed by atoms with Gasteiger partial charge in [-0.05, 0) is 62.9 Å². The molecule has 0 aliphatic heterocycles. The molecule has 0 amide bonds. The highest BCUT2D eigenvalue weighted by Crippen LogP contribution is 2.25. The number of hydrogen-bond acceptors (Lipinski definition) is 2. The summed E-state index contributed by atoms with van der Waals surface area (Å²) in [6.45, 7) is 12.3. The van der Waals surface area contributed by atoms with Gasteiger partial charge in [-0.2, -0.15) is 0 Å². The quantitative estimate of drug-likeness (QED) is 0.759. The highest BCUT2D eigenvalue weighted by atomic mass is 16.3. The van der Waals surface area contributed by atoms with Crippen LogP contribution in [0.5, 0.6) is 0 Å². The zero-order valence-corrected chi connectivity index (χ0v) is 12.4. The first kappa shape index (κ1) is 15.2. The summed E-state index contributed by atoms with van der Waals surface area (Å²) in [5, 5.41) is 13.9. The lowest BCUT2D eigenvalue weighted by Gasteiger charge is -2.25. The van der Waals surface area contributed by atoms with Crippen molar-refractivity contribution in [3.05, 3.63) is 34.9 Å². The molecule has 102 valence electrons. The predicted molar refractivity (Wildman–Crippen MR) is 77.8 cm³/mol. The summed E-state index contributed by atoms with van der Waals surface area (Å²) < 4.78 is 0. The van der Waals surface area contributed by atoms with E-state index in [9.17, 15) is 5.11 Å². The number of hydrogen-bond donors (Lipinski definition) is 2. The zero-order valence-electron chi connectivity index (χ0n) is 12.4. The maximum atomic E-state index is 10.5. The Balaban J connectivity index is 2.59. The molecule has 1 unspecified atom stereocenters. The van der Waals surface area contributed by atoms with Crippen molar-refractivity contribution in [3.8, 4) is 0 Å². The van der Waals surface area contributed by atoms with Crippen LogP contribution >= 0.6 is 0 Å². The van der Waals surface area contributed by atoms with Gasteiger partial charge in [-0.3, -0.25) is 0 Å². The molecule has 2 N–H and O–H groups in total. The largest absolute Gasteiger partial charge is 0.385 e. The predicted octanol–water partition coefficient (Wildman–Crippen LogP) is 3.15. The third kappa shape index (κ3) is 4.43. The van der Waals surface area contributed by atoms with Crippen LogP contribution in [0, 0.1) is 19.8 Å². The molecule has 2 nitrogen and oxygen atoms in total. The summed E-state index contributed by atoms with van der Waals surface area (Å²) in [6, 6.07) is 6.21. The maximum absolute atomic E-state index is 10.5. The van der Waals surface area contributed by atoms with Crippen molar-refractivity contribution in [2.75, 3.05) is 13.1 Å². The first-order valence-corrected chi connectivity index (χ1v) is 6.84. The van der Waals surface area contributed by atoms with Gasteiger partial charge < -0.3 is 10.4 Å². The van der Waals surface area contributed by atoms with Crippen molar-refractivity contribution in [3.63, 3.8) is 0 Å². The Morgan fingerprint density at radius 2 is 1.89 bits per heavy atom. The molecule has 0 radical (unpaired) electrons. The molecule has 2 heteroatoms. The van der Waals surface area contributed by atoms with E-state index in [2.05, 4.69) is 45.1 Å². The fraction of sp³-hybridized carbons (Fsp3) is 0.625. The van der Waals surface area contributed by atoms with Gasteiger partial charge in [-0.25, -0.2) is 0 Å². The Kier molecular flexibility index (Phi) is 5.36. The molecule has 18 heavy (non-hydrogen) atoms. The van der Waals surface area contributed by atoms with Gasteiger partial charge in [-0.1, -0.05) is 32.0 Å². The summed E-state index contributed by atoms with van der Waals surface area (Å²) in [6.07, 6.45) is 0.738. The SMILES string of the molecule is Cc1ccc(C(C)(O)CCNCC(C)C)cc1C. The Morgan fingerprint density at radius 3 is 2.44 bits per heavy atom. The number of rotatable bonds is 6. The number of aliphatic hydroxyl groups is 1. The van der Waals surface area contributed by atoms with E-state index in [1.54, 1.807) is 0 Å². The summed E-state index contributed by atoms with van der Waals surface area (Å²) in [7, 11) is 0. The van der Waals surface area contributed by atoms with Crippen molar-refractivity contribution < 1.29 is 5.11 Å². The lowest BCUT2D eigenvalue weighted by atomic mass is 9.90. The zero-order chi connectivity index (χ0) is 13.8. The van der Waals surface area contributed by atoms with Crippen LogP contribution in [0.15, 0.2) is 18.2 Å². The van der Waals surface area contributed by atoms with E-state index in [1.807, 2.05) is 13.0 Å². The van der Waals surface area contributed by atoms with Crippen LogP contribution in [0.1, 0.15) is 43.9 Å². The van der Waals surface area contributed by atoms with Crippen molar-refractivity contribution in [1.82, 2.24) is 5.32 Å². The Bertz CT molecular complexity index is 383. The Hall–Kier alpha value is -0.860. The van der Waals surface area contributed by atoms with E-state index in [0.29, 0.717) is 5.92 Å². The van der Waals surface area contributed by atoms with Crippen LogP contribution in [0.25, 0.3) is 0 Å². The minimum atomic E-state index is -0.748. The van der Waals surface area contributed by atoms with Crippen molar-refractivity contribution >= 4 is 0 Å². The second-order valence-electron chi connectivity index (χ2n) is 5.92. The molecule has 1 aromatic rings. The van der Waals surface area contributed by atoms with Crippen LogP contribution in [0.2, 0.25) is 0 Å². The van der Waals surface area contributed by atoms with Crippen LogP contribution in [0.3, 0.4) is 0 Å². The molecule has 0 saturated heterocycles. The highest BCUT2D eigenvalue weighted by molar-refractivity contribution is 5.32. The minimum Gasteiger partial charge on any atom is -0.385 e. The average molecular weight is 249 g/mol. The first-order valence-electron chi connectivity index (χ1n) is 6.84. The normalized spacial score (nSPS) is 14.8. The standard InChI is InChI=1S/C16H27NO/c1-12(2)11-17-9-8-16(5,18)15-7-6-13(3)14(4)10-15/h6-7,10,12,17-18H,8-9,11H2,1-5H3. The molecule has 0 aliphatic rings. The van der Waals surface area contributed by atoms with E-state index < -0.39 is 5.60 Å².